The second-order valence-corrected chi connectivity index (χ2v) is 3.42. The highest BCUT2D eigenvalue weighted by Crippen LogP contribution is 2.17. The molecule has 66 valence electrons. The van der Waals surface area contributed by atoms with E-state index in [1.165, 1.54) is 6.07 Å². The number of pyridine rings is 1. The predicted molar refractivity (Wildman–Crippen MR) is 53.8 cm³/mol. The molecule has 0 fully saturated rings. The number of aromatic amines is 1. The summed E-state index contributed by atoms with van der Waals surface area (Å²) in [5.74, 6) is -0.257. The molecular weight excluding hydrogens is 185 g/mol. The van der Waals surface area contributed by atoms with Crippen molar-refractivity contribution in [3.8, 4) is 0 Å². The van der Waals surface area contributed by atoms with Crippen molar-refractivity contribution in [3.63, 3.8) is 0 Å². The van der Waals surface area contributed by atoms with E-state index in [9.17, 15) is 4.39 Å². The van der Waals surface area contributed by atoms with Gasteiger partial charge in [-0.3, -0.25) is 0 Å². The molecule has 2 rings (SSSR count). The number of rotatable bonds is 0. The molecule has 2 aromatic rings. The molecule has 13 heavy (non-hydrogen) atoms. The van der Waals surface area contributed by atoms with E-state index in [2.05, 4.69) is 4.98 Å². The molecule has 1 heterocycles. The lowest BCUT2D eigenvalue weighted by Gasteiger charge is -2.01. The number of benzene rings is 1. The van der Waals surface area contributed by atoms with E-state index in [1.807, 2.05) is 19.1 Å². The van der Waals surface area contributed by atoms with Crippen LogP contribution in [-0.2, 0) is 0 Å². The fourth-order valence-electron chi connectivity index (χ4n) is 1.36. The molecule has 0 radical (unpaired) electrons. The van der Waals surface area contributed by atoms with E-state index in [-0.39, 0.29) is 5.82 Å². The van der Waals surface area contributed by atoms with Crippen molar-refractivity contribution in [1.82, 2.24) is 4.98 Å². The minimum absolute atomic E-state index is 0.257. The van der Waals surface area contributed by atoms with Gasteiger partial charge in [-0.2, -0.15) is 0 Å². The number of hydrogen-bond donors (Lipinski definition) is 1. The Kier molecular flexibility index (Phi) is 1.88. The third kappa shape index (κ3) is 1.35. The standard InChI is InChI=1S/C10H8FNS/c1-6-5-9(13)7-3-2-4-8(11)10(7)12-6/h2-5H,1H3,(H,12,13). The largest absolute Gasteiger partial charge is 0.356 e. The first kappa shape index (κ1) is 8.38. The van der Waals surface area contributed by atoms with E-state index in [1.54, 1.807) is 6.07 Å². The van der Waals surface area contributed by atoms with Crippen LogP contribution < -0.4 is 0 Å². The lowest BCUT2D eigenvalue weighted by Crippen LogP contribution is -1.87. The first-order valence-corrected chi connectivity index (χ1v) is 4.37. The van der Waals surface area contributed by atoms with Crippen molar-refractivity contribution in [2.75, 3.05) is 0 Å². The second-order valence-electron chi connectivity index (χ2n) is 2.98. The maximum atomic E-state index is 13.3. The van der Waals surface area contributed by atoms with Gasteiger partial charge in [0.2, 0.25) is 0 Å². The fourth-order valence-corrected chi connectivity index (χ4v) is 1.71. The zero-order chi connectivity index (χ0) is 9.42. The molecule has 1 aromatic heterocycles. The fraction of sp³-hybridized carbons (Fsp3) is 0.100. The highest BCUT2D eigenvalue weighted by atomic mass is 32.1. The molecule has 0 amide bonds. The van der Waals surface area contributed by atoms with E-state index >= 15 is 0 Å². The third-order valence-corrected chi connectivity index (χ3v) is 2.29. The summed E-state index contributed by atoms with van der Waals surface area (Å²) < 4.78 is 14.0. The number of hydrogen-bond acceptors (Lipinski definition) is 1. The minimum Gasteiger partial charge on any atom is -0.356 e. The molecule has 1 nitrogen and oxygen atoms in total. The van der Waals surface area contributed by atoms with Crippen LogP contribution in [0.3, 0.4) is 0 Å². The highest BCUT2D eigenvalue weighted by Gasteiger charge is 2.01. The molecule has 0 aliphatic carbocycles. The Morgan fingerprint density at radius 3 is 2.92 bits per heavy atom. The summed E-state index contributed by atoms with van der Waals surface area (Å²) in [6, 6.07) is 6.73. The Bertz CT molecular complexity index is 516. The number of halogens is 1. The van der Waals surface area contributed by atoms with Gasteiger partial charge < -0.3 is 4.98 Å². The van der Waals surface area contributed by atoms with Gasteiger partial charge in [-0.15, -0.1) is 0 Å². The van der Waals surface area contributed by atoms with Gasteiger partial charge in [0.25, 0.3) is 0 Å². The van der Waals surface area contributed by atoms with Crippen LogP contribution in [0.2, 0.25) is 0 Å². The molecule has 0 aliphatic heterocycles. The Morgan fingerprint density at radius 1 is 1.38 bits per heavy atom. The first-order valence-electron chi connectivity index (χ1n) is 3.96. The average molecular weight is 193 g/mol. The monoisotopic (exact) mass is 193 g/mol. The zero-order valence-corrected chi connectivity index (χ0v) is 7.91. The molecule has 0 bridgehead atoms. The Balaban J connectivity index is 3.03. The molecule has 1 N–H and O–H groups in total. The summed E-state index contributed by atoms with van der Waals surface area (Å²) in [6.07, 6.45) is 0. The van der Waals surface area contributed by atoms with Gasteiger partial charge in [-0.05, 0) is 19.1 Å². The maximum Gasteiger partial charge on any atom is 0.147 e. The Hall–Kier alpha value is -1.22. The van der Waals surface area contributed by atoms with E-state index in [0.29, 0.717) is 10.0 Å². The Labute approximate surface area is 80.2 Å². The van der Waals surface area contributed by atoms with Crippen LogP contribution in [0.15, 0.2) is 24.3 Å². The lowest BCUT2D eigenvalue weighted by molar-refractivity contribution is 0.636. The summed E-state index contributed by atoms with van der Waals surface area (Å²) in [6.45, 7) is 1.86. The van der Waals surface area contributed by atoms with Crippen molar-refractivity contribution in [2.45, 2.75) is 6.92 Å². The van der Waals surface area contributed by atoms with E-state index in [4.69, 9.17) is 12.2 Å². The van der Waals surface area contributed by atoms with Crippen LogP contribution in [0, 0.1) is 17.3 Å². The zero-order valence-electron chi connectivity index (χ0n) is 7.10. The topological polar surface area (TPSA) is 15.8 Å². The number of H-pyrrole nitrogens is 1. The first-order chi connectivity index (χ1) is 6.18. The van der Waals surface area contributed by atoms with Crippen LogP contribution >= 0.6 is 12.2 Å². The van der Waals surface area contributed by atoms with Gasteiger partial charge >= 0.3 is 0 Å². The normalized spacial score (nSPS) is 10.6. The quantitative estimate of drug-likeness (QED) is 0.634. The van der Waals surface area contributed by atoms with E-state index < -0.39 is 0 Å². The van der Waals surface area contributed by atoms with Gasteiger partial charge in [0.1, 0.15) is 5.82 Å². The molecule has 0 saturated heterocycles. The number of nitrogens with one attached hydrogen (secondary N) is 1. The van der Waals surface area contributed by atoms with Crippen LogP contribution in [0.25, 0.3) is 10.9 Å². The summed E-state index contributed by atoms with van der Waals surface area (Å²) >= 11 is 5.11. The summed E-state index contributed by atoms with van der Waals surface area (Å²) in [4.78, 5) is 2.96. The SMILES string of the molecule is Cc1cc(=S)c2cccc(F)c2[nH]1. The molecule has 3 heteroatoms. The van der Waals surface area contributed by atoms with Crippen LogP contribution in [0.1, 0.15) is 5.69 Å². The third-order valence-electron chi connectivity index (χ3n) is 1.95. The Morgan fingerprint density at radius 2 is 2.15 bits per heavy atom. The van der Waals surface area contributed by atoms with Crippen molar-refractivity contribution in [2.24, 2.45) is 0 Å². The highest BCUT2D eigenvalue weighted by molar-refractivity contribution is 7.71. The van der Waals surface area contributed by atoms with Crippen molar-refractivity contribution < 1.29 is 4.39 Å². The number of para-hydroxylation sites is 1. The van der Waals surface area contributed by atoms with Gasteiger partial charge in [0.05, 0.1) is 5.52 Å². The van der Waals surface area contributed by atoms with Gasteiger partial charge in [0, 0.05) is 15.6 Å². The predicted octanol–water partition coefficient (Wildman–Crippen LogP) is 3.34. The van der Waals surface area contributed by atoms with Crippen LogP contribution in [-0.4, -0.2) is 4.98 Å². The van der Waals surface area contributed by atoms with E-state index in [0.717, 1.165) is 11.1 Å². The molecular formula is C10H8FNS. The van der Waals surface area contributed by atoms with Crippen molar-refractivity contribution in [1.29, 1.82) is 0 Å². The van der Waals surface area contributed by atoms with Crippen molar-refractivity contribution in [3.05, 3.63) is 40.3 Å². The lowest BCUT2D eigenvalue weighted by atomic mass is 10.2. The van der Waals surface area contributed by atoms with Crippen molar-refractivity contribution >= 4 is 23.1 Å². The molecule has 0 atom stereocenters. The molecule has 0 saturated carbocycles. The molecule has 0 unspecified atom stereocenters. The number of aromatic nitrogens is 1. The molecule has 0 spiro atoms. The maximum absolute atomic E-state index is 13.3. The van der Waals surface area contributed by atoms with Gasteiger partial charge in [0.15, 0.2) is 0 Å². The molecule has 0 aliphatic rings. The average Bonchev–Trinajstić information content (AvgIpc) is 2.07. The van der Waals surface area contributed by atoms with Gasteiger partial charge in [-0.25, -0.2) is 4.39 Å². The van der Waals surface area contributed by atoms with Gasteiger partial charge in [-0.1, -0.05) is 24.4 Å². The van der Waals surface area contributed by atoms with Crippen LogP contribution in [0.5, 0.6) is 0 Å². The summed E-state index contributed by atoms with van der Waals surface area (Å²) in [5, 5.41) is 0.764. The van der Waals surface area contributed by atoms with Crippen LogP contribution in [0.4, 0.5) is 4.39 Å². The summed E-state index contributed by atoms with van der Waals surface area (Å²) in [5.41, 5.74) is 1.37. The number of fused-ring (bicyclic) bond motifs is 1. The molecule has 1 aromatic carbocycles. The number of aryl methyl sites for hydroxylation is 1. The summed E-state index contributed by atoms with van der Waals surface area (Å²) in [7, 11) is 0. The minimum atomic E-state index is -0.257. The smallest absolute Gasteiger partial charge is 0.147 e. The second kappa shape index (κ2) is 2.92.